The van der Waals surface area contributed by atoms with Crippen molar-refractivity contribution in [2.75, 3.05) is 30.6 Å². The maximum absolute atomic E-state index is 12.8. The highest BCUT2D eigenvalue weighted by Crippen LogP contribution is 2.32. The van der Waals surface area contributed by atoms with Crippen LogP contribution < -0.4 is 24.8 Å². The number of rotatable bonds is 8. The average Bonchev–Trinajstić information content (AvgIpc) is 2.78. The number of amides is 2. The second-order valence-electron chi connectivity index (χ2n) is 7.39. The van der Waals surface area contributed by atoms with Crippen LogP contribution >= 0.6 is 0 Å². The van der Waals surface area contributed by atoms with Gasteiger partial charge in [-0.3, -0.25) is 14.4 Å². The van der Waals surface area contributed by atoms with Crippen molar-refractivity contribution < 1.29 is 37.0 Å². The van der Waals surface area contributed by atoms with Crippen molar-refractivity contribution in [3.8, 4) is 17.2 Å². The molecule has 0 radical (unpaired) electrons. The molecule has 2 amide bonds. The van der Waals surface area contributed by atoms with Crippen LogP contribution in [0.1, 0.15) is 24.2 Å². The van der Waals surface area contributed by atoms with E-state index in [0.29, 0.717) is 22.9 Å². The van der Waals surface area contributed by atoms with Crippen LogP contribution in [0, 0.1) is 0 Å². The van der Waals surface area contributed by atoms with Gasteiger partial charge in [-0.05, 0) is 44.2 Å². The van der Waals surface area contributed by atoms with Gasteiger partial charge in [-0.2, -0.15) is 0 Å². The van der Waals surface area contributed by atoms with Crippen LogP contribution in [0.2, 0.25) is 0 Å². The number of carbonyl (C=O) groups excluding carboxylic acids is 3. The first kappa shape index (κ1) is 24.1. The van der Waals surface area contributed by atoms with Gasteiger partial charge in [0.05, 0.1) is 19.9 Å². The Morgan fingerprint density at radius 3 is 2.48 bits per heavy atom. The van der Waals surface area contributed by atoms with Crippen LogP contribution in [0.5, 0.6) is 17.2 Å². The zero-order valence-electron chi connectivity index (χ0n) is 18.5. The molecule has 2 atom stereocenters. The van der Waals surface area contributed by atoms with Crippen molar-refractivity contribution >= 4 is 38.8 Å². The third-order valence-corrected chi connectivity index (χ3v) is 7.06. The Hall–Kier alpha value is -3.60. The second-order valence-corrected chi connectivity index (χ2v) is 9.71. The number of methoxy groups -OCH3 is 2. The molecule has 2 aromatic carbocycles. The van der Waals surface area contributed by atoms with E-state index < -0.39 is 38.6 Å². The molecule has 11 heteroatoms. The van der Waals surface area contributed by atoms with Gasteiger partial charge in [0.1, 0.15) is 16.8 Å². The average molecular weight is 477 g/mol. The first-order chi connectivity index (χ1) is 15.6. The molecule has 0 aromatic heterocycles. The van der Waals surface area contributed by atoms with Gasteiger partial charge in [-0.1, -0.05) is 0 Å². The summed E-state index contributed by atoms with van der Waals surface area (Å²) < 4.78 is 41.2. The van der Waals surface area contributed by atoms with Crippen molar-refractivity contribution in [1.82, 2.24) is 0 Å². The Balaban J connectivity index is 1.71. The molecule has 2 N–H and O–H groups in total. The number of hydrogen-bond donors (Lipinski definition) is 2. The molecule has 0 saturated carbocycles. The smallest absolute Gasteiger partial charge is 0.265 e. The van der Waals surface area contributed by atoms with Crippen LogP contribution in [0.4, 0.5) is 11.4 Å². The maximum Gasteiger partial charge on any atom is 0.265 e. The number of Topliss-reactive ketones (excluding diaryl/α,β-unsaturated/α-hetero) is 1. The summed E-state index contributed by atoms with van der Waals surface area (Å²) in [4.78, 5) is 37.0. The van der Waals surface area contributed by atoms with Crippen LogP contribution in [0.3, 0.4) is 0 Å². The minimum absolute atomic E-state index is 0.0728. The molecule has 0 aliphatic carbocycles. The summed E-state index contributed by atoms with van der Waals surface area (Å²) in [6.07, 6.45) is -0.678. The SMILES string of the molecule is COc1ccc(NC(=O)CS(=O)(=O)C(C)C(=O)c2ccc3c(c2)NC(=O)C(C)O3)cc1OC. The number of ketones is 1. The van der Waals surface area contributed by atoms with Crippen LogP contribution in [-0.2, 0) is 19.4 Å². The van der Waals surface area contributed by atoms with Gasteiger partial charge < -0.3 is 24.8 Å². The predicted molar refractivity (Wildman–Crippen MR) is 121 cm³/mol. The van der Waals surface area contributed by atoms with Gasteiger partial charge in [0.15, 0.2) is 33.2 Å². The molecule has 2 aromatic rings. The highest BCUT2D eigenvalue weighted by atomic mass is 32.2. The maximum atomic E-state index is 12.8. The largest absolute Gasteiger partial charge is 0.493 e. The Labute approximate surface area is 191 Å². The minimum atomic E-state index is -4.13. The fourth-order valence-corrected chi connectivity index (χ4v) is 4.33. The molecule has 0 fully saturated rings. The van der Waals surface area contributed by atoms with Crippen molar-refractivity contribution in [3.05, 3.63) is 42.0 Å². The number of anilines is 2. The quantitative estimate of drug-likeness (QED) is 0.552. The molecule has 0 spiro atoms. The van der Waals surface area contributed by atoms with Crippen molar-refractivity contribution in [2.45, 2.75) is 25.2 Å². The molecule has 0 bridgehead atoms. The molecule has 176 valence electrons. The third-order valence-electron chi connectivity index (χ3n) is 5.10. The fraction of sp³-hybridized carbons (Fsp3) is 0.318. The molecule has 10 nitrogen and oxygen atoms in total. The van der Waals surface area contributed by atoms with Gasteiger partial charge in [-0.25, -0.2) is 8.42 Å². The van der Waals surface area contributed by atoms with Gasteiger partial charge in [0, 0.05) is 17.3 Å². The lowest BCUT2D eigenvalue weighted by atomic mass is 10.1. The summed E-state index contributed by atoms with van der Waals surface area (Å²) in [6.45, 7) is 2.80. The molecule has 33 heavy (non-hydrogen) atoms. The first-order valence-corrected chi connectivity index (χ1v) is 11.7. The van der Waals surface area contributed by atoms with E-state index >= 15 is 0 Å². The van der Waals surface area contributed by atoms with E-state index in [0.717, 1.165) is 0 Å². The van der Waals surface area contributed by atoms with Crippen molar-refractivity contribution in [3.63, 3.8) is 0 Å². The van der Waals surface area contributed by atoms with Crippen LogP contribution in [0.15, 0.2) is 36.4 Å². The lowest BCUT2D eigenvalue weighted by Gasteiger charge is -2.23. The van der Waals surface area contributed by atoms with Crippen molar-refractivity contribution in [1.29, 1.82) is 0 Å². The third kappa shape index (κ3) is 5.25. The van der Waals surface area contributed by atoms with E-state index in [1.54, 1.807) is 13.0 Å². The predicted octanol–water partition coefficient (Wildman–Crippen LogP) is 2.05. The lowest BCUT2D eigenvalue weighted by molar-refractivity contribution is -0.122. The van der Waals surface area contributed by atoms with Gasteiger partial charge in [0.25, 0.3) is 5.91 Å². The summed E-state index contributed by atoms with van der Waals surface area (Å²) in [6, 6.07) is 8.85. The summed E-state index contributed by atoms with van der Waals surface area (Å²) in [5.41, 5.74) is 0.662. The summed E-state index contributed by atoms with van der Waals surface area (Å²) >= 11 is 0. The van der Waals surface area contributed by atoms with Crippen LogP contribution in [-0.4, -0.2) is 57.3 Å². The standard InChI is InChI=1S/C22H24N2O8S/c1-12-22(27)24-16-9-14(5-7-17(16)32-12)21(26)13(2)33(28,29)11-20(25)23-15-6-8-18(30-3)19(10-15)31-4/h5-10,12-13H,11H2,1-4H3,(H,23,25)(H,24,27). The van der Waals surface area contributed by atoms with E-state index in [-0.39, 0.29) is 17.2 Å². The van der Waals surface area contributed by atoms with Crippen molar-refractivity contribution in [2.24, 2.45) is 0 Å². The number of benzene rings is 2. The Kier molecular flexibility index (Phi) is 6.92. The number of ether oxygens (including phenoxy) is 3. The fourth-order valence-electron chi connectivity index (χ4n) is 3.18. The van der Waals surface area contributed by atoms with E-state index in [1.165, 1.54) is 51.5 Å². The molecule has 3 rings (SSSR count). The van der Waals surface area contributed by atoms with Gasteiger partial charge in [0.2, 0.25) is 5.91 Å². The normalized spacial score (nSPS) is 16.0. The highest BCUT2D eigenvalue weighted by Gasteiger charge is 2.32. The number of fused-ring (bicyclic) bond motifs is 1. The molecule has 2 unspecified atom stereocenters. The molecule has 1 heterocycles. The number of nitrogens with one attached hydrogen (secondary N) is 2. The van der Waals surface area contributed by atoms with E-state index in [2.05, 4.69) is 10.6 Å². The Bertz CT molecular complexity index is 1210. The summed E-state index contributed by atoms with van der Waals surface area (Å²) in [7, 11) is -1.24. The summed E-state index contributed by atoms with van der Waals surface area (Å²) in [5.74, 6) is -1.59. The second kappa shape index (κ2) is 9.49. The number of carbonyl (C=O) groups is 3. The van der Waals surface area contributed by atoms with E-state index in [9.17, 15) is 22.8 Å². The topological polar surface area (TPSA) is 137 Å². The lowest BCUT2D eigenvalue weighted by Crippen LogP contribution is -2.35. The monoisotopic (exact) mass is 476 g/mol. The molecule has 1 aliphatic heterocycles. The molecular formula is C22H24N2O8S. The molecular weight excluding hydrogens is 452 g/mol. The van der Waals surface area contributed by atoms with Gasteiger partial charge in [-0.15, -0.1) is 0 Å². The number of sulfone groups is 1. The molecule has 1 aliphatic rings. The van der Waals surface area contributed by atoms with E-state index in [1.807, 2.05) is 0 Å². The number of hydrogen-bond acceptors (Lipinski definition) is 8. The van der Waals surface area contributed by atoms with Gasteiger partial charge >= 0.3 is 0 Å². The Morgan fingerprint density at radius 2 is 1.82 bits per heavy atom. The zero-order valence-corrected chi connectivity index (χ0v) is 19.3. The van der Waals surface area contributed by atoms with Crippen LogP contribution in [0.25, 0.3) is 0 Å². The zero-order chi connectivity index (χ0) is 24.3. The highest BCUT2D eigenvalue weighted by molar-refractivity contribution is 7.93. The Morgan fingerprint density at radius 1 is 1.12 bits per heavy atom. The minimum Gasteiger partial charge on any atom is -0.493 e. The first-order valence-electron chi connectivity index (χ1n) is 9.95. The summed E-state index contributed by atoms with van der Waals surface area (Å²) in [5, 5.41) is 3.61. The molecule has 0 saturated heterocycles. The van der Waals surface area contributed by atoms with E-state index in [4.69, 9.17) is 14.2 Å².